The fourth-order valence-electron chi connectivity index (χ4n) is 3.50. The van der Waals surface area contributed by atoms with Crippen molar-refractivity contribution in [1.29, 1.82) is 0 Å². The van der Waals surface area contributed by atoms with Crippen LogP contribution in [0.3, 0.4) is 0 Å². The van der Waals surface area contributed by atoms with Crippen molar-refractivity contribution in [3.05, 3.63) is 41.5 Å². The van der Waals surface area contributed by atoms with Crippen LogP contribution < -0.4 is 5.32 Å². The lowest BCUT2D eigenvalue weighted by Crippen LogP contribution is -2.39. The number of benzene rings is 1. The molecule has 2 bridgehead atoms. The average Bonchev–Trinajstić information content (AvgIpc) is 3.29. The Balaban J connectivity index is 1.88. The quantitative estimate of drug-likeness (QED) is 0.519. The van der Waals surface area contributed by atoms with E-state index in [1.165, 1.54) is 18.2 Å². The Morgan fingerprint density at radius 1 is 0.931 bits per heavy atom. The molecule has 0 saturated carbocycles. The van der Waals surface area contributed by atoms with Crippen molar-refractivity contribution in [3.8, 4) is 0 Å². The zero-order valence-electron chi connectivity index (χ0n) is 15.9. The number of esters is 2. The van der Waals surface area contributed by atoms with Gasteiger partial charge in [-0.15, -0.1) is 0 Å². The number of ether oxygens (including phenoxy) is 3. The van der Waals surface area contributed by atoms with Crippen LogP contribution in [-0.2, 0) is 23.8 Å². The molecule has 4 atom stereocenters. The molecule has 0 aliphatic carbocycles. The van der Waals surface area contributed by atoms with Crippen LogP contribution >= 0.6 is 0 Å². The molecular formula is C20H21NO8. The van der Waals surface area contributed by atoms with Gasteiger partial charge in [-0.05, 0) is 32.0 Å². The topological polar surface area (TPSA) is 128 Å². The number of carbonyl (C=O) groups excluding carboxylic acids is 3. The Morgan fingerprint density at radius 3 is 1.93 bits per heavy atom. The zero-order valence-corrected chi connectivity index (χ0v) is 15.9. The summed E-state index contributed by atoms with van der Waals surface area (Å²) in [5, 5.41) is 12.1. The smallest absolute Gasteiger partial charge is 0.338 e. The number of hydrogen-bond donors (Lipinski definition) is 2. The predicted molar refractivity (Wildman–Crippen MR) is 99.4 cm³/mol. The summed E-state index contributed by atoms with van der Waals surface area (Å²) in [5.41, 5.74) is 0.276. The highest BCUT2D eigenvalue weighted by molar-refractivity contribution is 6.01. The molecule has 1 amide bonds. The van der Waals surface area contributed by atoms with Crippen LogP contribution in [0.2, 0.25) is 0 Å². The Labute approximate surface area is 166 Å². The van der Waals surface area contributed by atoms with Crippen molar-refractivity contribution < 1.29 is 38.5 Å². The second-order valence-electron chi connectivity index (χ2n) is 6.57. The van der Waals surface area contributed by atoms with E-state index >= 15 is 0 Å². The normalized spacial score (nSPS) is 24.2. The number of hydrogen-bond acceptors (Lipinski definition) is 7. The van der Waals surface area contributed by atoms with E-state index < -0.39 is 47.9 Å². The number of carboxylic acids is 1. The summed E-state index contributed by atoms with van der Waals surface area (Å²) in [5.74, 6) is -4.98. The van der Waals surface area contributed by atoms with Gasteiger partial charge in [0.2, 0.25) is 5.91 Å². The Bertz CT molecular complexity index is 841. The van der Waals surface area contributed by atoms with Crippen molar-refractivity contribution in [1.82, 2.24) is 0 Å². The van der Waals surface area contributed by atoms with Gasteiger partial charge in [-0.1, -0.05) is 12.2 Å². The van der Waals surface area contributed by atoms with E-state index in [9.17, 15) is 24.3 Å². The van der Waals surface area contributed by atoms with Crippen molar-refractivity contribution in [2.45, 2.75) is 26.1 Å². The number of anilines is 1. The monoisotopic (exact) mass is 403 g/mol. The highest BCUT2D eigenvalue weighted by Gasteiger charge is 2.53. The number of fused-ring (bicyclic) bond motifs is 2. The van der Waals surface area contributed by atoms with Crippen LogP contribution in [0.4, 0.5) is 5.69 Å². The summed E-state index contributed by atoms with van der Waals surface area (Å²) in [6.45, 7) is 3.56. The van der Waals surface area contributed by atoms with Crippen molar-refractivity contribution in [2.24, 2.45) is 11.8 Å². The number of amides is 1. The molecule has 0 unspecified atom stereocenters. The van der Waals surface area contributed by atoms with Gasteiger partial charge in [0, 0.05) is 5.69 Å². The standard InChI is InChI=1S/C20H21NO8/c1-3-27-19(25)10-7-11(20(26)28-4-2)9-12(8-10)21-17(22)15-13-5-6-14(29-13)16(15)18(23)24/h5-9,13-16H,3-4H2,1-2H3,(H,21,22)(H,23,24)/t13-,14-,15+,16-/m0/s1. The largest absolute Gasteiger partial charge is 0.481 e. The molecule has 9 heteroatoms. The second-order valence-corrected chi connectivity index (χ2v) is 6.57. The number of rotatable bonds is 7. The Morgan fingerprint density at radius 2 is 1.45 bits per heavy atom. The van der Waals surface area contributed by atoms with Crippen LogP contribution in [0.5, 0.6) is 0 Å². The van der Waals surface area contributed by atoms with E-state index in [0.29, 0.717) is 0 Å². The summed E-state index contributed by atoms with van der Waals surface area (Å²) in [6.07, 6.45) is 1.99. The van der Waals surface area contributed by atoms with E-state index in [1.807, 2.05) is 0 Å². The minimum absolute atomic E-state index is 0.0616. The maximum Gasteiger partial charge on any atom is 0.338 e. The molecule has 1 aromatic rings. The highest BCUT2D eigenvalue weighted by Crippen LogP contribution is 2.40. The third-order valence-electron chi connectivity index (χ3n) is 4.71. The van der Waals surface area contributed by atoms with Crippen LogP contribution in [0, 0.1) is 11.8 Å². The molecule has 2 heterocycles. The highest BCUT2D eigenvalue weighted by atomic mass is 16.5. The summed E-state index contributed by atoms with van der Waals surface area (Å²) < 4.78 is 15.4. The maximum atomic E-state index is 12.8. The number of carbonyl (C=O) groups is 4. The van der Waals surface area contributed by atoms with E-state index in [-0.39, 0.29) is 30.0 Å². The summed E-state index contributed by atoms with van der Waals surface area (Å²) in [7, 11) is 0. The van der Waals surface area contributed by atoms with Crippen LogP contribution in [0.15, 0.2) is 30.4 Å². The lowest BCUT2D eigenvalue weighted by Gasteiger charge is -2.21. The minimum Gasteiger partial charge on any atom is -0.481 e. The molecule has 0 radical (unpaired) electrons. The molecule has 0 aromatic heterocycles. The number of aliphatic carboxylic acids is 1. The molecule has 9 nitrogen and oxygen atoms in total. The third-order valence-corrected chi connectivity index (χ3v) is 4.71. The molecule has 3 rings (SSSR count). The fourth-order valence-corrected chi connectivity index (χ4v) is 3.50. The second kappa shape index (κ2) is 8.44. The van der Waals surface area contributed by atoms with Crippen LogP contribution in [0.1, 0.15) is 34.6 Å². The fraction of sp³-hybridized carbons (Fsp3) is 0.400. The van der Waals surface area contributed by atoms with E-state index in [4.69, 9.17) is 14.2 Å². The Hall–Kier alpha value is -3.20. The average molecular weight is 403 g/mol. The molecule has 2 aliphatic rings. The molecule has 2 N–H and O–H groups in total. The van der Waals surface area contributed by atoms with Gasteiger partial charge in [0.15, 0.2) is 0 Å². The SMILES string of the molecule is CCOC(=O)c1cc(NC(=O)[C@H]2[C@@H](C(=O)O)[C@@H]3C=C[C@@H]2O3)cc(C(=O)OCC)c1. The van der Waals surface area contributed by atoms with Crippen molar-refractivity contribution >= 4 is 29.5 Å². The molecular weight excluding hydrogens is 382 g/mol. The van der Waals surface area contributed by atoms with E-state index in [1.54, 1.807) is 26.0 Å². The molecule has 1 aromatic carbocycles. The van der Waals surface area contributed by atoms with E-state index in [0.717, 1.165) is 0 Å². The molecule has 1 fully saturated rings. The lowest BCUT2D eigenvalue weighted by molar-refractivity contribution is -0.145. The first-order valence-corrected chi connectivity index (χ1v) is 9.22. The number of carboxylic acid groups (broad SMARTS) is 1. The summed E-state index contributed by atoms with van der Waals surface area (Å²) >= 11 is 0. The van der Waals surface area contributed by atoms with Gasteiger partial charge in [0.25, 0.3) is 0 Å². The van der Waals surface area contributed by atoms with Crippen LogP contribution in [0.25, 0.3) is 0 Å². The molecule has 29 heavy (non-hydrogen) atoms. The number of nitrogens with one attached hydrogen (secondary N) is 1. The first-order chi connectivity index (χ1) is 13.8. The minimum atomic E-state index is -1.13. The van der Waals surface area contributed by atoms with E-state index in [2.05, 4.69) is 5.32 Å². The van der Waals surface area contributed by atoms with Gasteiger partial charge < -0.3 is 24.6 Å². The van der Waals surface area contributed by atoms with Gasteiger partial charge in [0.1, 0.15) is 5.92 Å². The summed E-state index contributed by atoms with van der Waals surface area (Å²) in [6, 6.07) is 4.03. The molecule has 2 aliphatic heterocycles. The van der Waals surface area contributed by atoms with Gasteiger partial charge in [-0.25, -0.2) is 9.59 Å². The van der Waals surface area contributed by atoms with Crippen molar-refractivity contribution in [2.75, 3.05) is 18.5 Å². The molecule has 154 valence electrons. The Kier molecular flexibility index (Phi) is 5.97. The van der Waals surface area contributed by atoms with Crippen LogP contribution in [-0.4, -0.2) is 54.3 Å². The first kappa shape index (κ1) is 20.5. The van der Waals surface area contributed by atoms with Gasteiger partial charge in [0.05, 0.1) is 42.5 Å². The first-order valence-electron chi connectivity index (χ1n) is 9.22. The zero-order chi connectivity index (χ0) is 21.1. The predicted octanol–water partition coefficient (Wildman–Crippen LogP) is 1.63. The van der Waals surface area contributed by atoms with Crippen molar-refractivity contribution in [3.63, 3.8) is 0 Å². The lowest BCUT2D eigenvalue weighted by atomic mass is 9.82. The maximum absolute atomic E-state index is 12.8. The molecule has 1 saturated heterocycles. The van der Waals surface area contributed by atoms with Gasteiger partial charge >= 0.3 is 17.9 Å². The third kappa shape index (κ3) is 4.14. The van der Waals surface area contributed by atoms with Gasteiger partial charge in [-0.2, -0.15) is 0 Å². The van der Waals surface area contributed by atoms with Gasteiger partial charge in [-0.3, -0.25) is 9.59 Å². The molecule has 0 spiro atoms. The summed E-state index contributed by atoms with van der Waals surface area (Å²) in [4.78, 5) is 48.6.